The Morgan fingerprint density at radius 1 is 1.32 bits per heavy atom. The minimum atomic E-state index is -0.192. The number of ether oxygens (including phenoxy) is 1. The first-order valence-corrected chi connectivity index (χ1v) is 6.05. The summed E-state index contributed by atoms with van der Waals surface area (Å²) in [4.78, 5) is 13.0. The first-order chi connectivity index (χ1) is 9.13. The number of carbonyl (C=O) groups excluding carboxylic acids is 1. The minimum Gasteiger partial charge on any atom is -0.495 e. The van der Waals surface area contributed by atoms with Crippen LogP contribution in [0.3, 0.4) is 0 Å². The topological polar surface area (TPSA) is 82.0 Å². The van der Waals surface area contributed by atoms with E-state index in [0.29, 0.717) is 30.2 Å². The van der Waals surface area contributed by atoms with Crippen LogP contribution in [0.1, 0.15) is 6.92 Å². The maximum Gasteiger partial charge on any atom is 0.221 e. The molecule has 0 unspecified atom stereocenters. The molecule has 1 aromatic carbocycles. The van der Waals surface area contributed by atoms with Crippen molar-refractivity contribution in [3.8, 4) is 5.75 Å². The maximum atomic E-state index is 11.2. The highest BCUT2D eigenvalue weighted by Gasteiger charge is 2.16. The normalized spacial score (nSPS) is 10.1. The molecule has 0 bridgehead atoms. The second-order valence-electron chi connectivity index (χ2n) is 3.97. The number of nitrogens with zero attached hydrogens (tertiary/aromatic N) is 1. The molecular weight excluding hydrogens is 248 g/mol. The number of methoxy groups -OCH3 is 1. The van der Waals surface area contributed by atoms with Crippen LogP contribution >= 0.6 is 0 Å². The van der Waals surface area contributed by atoms with Gasteiger partial charge in [-0.3, -0.25) is 4.79 Å². The Balaban J connectivity index is 3.20. The van der Waals surface area contributed by atoms with Crippen LogP contribution in [0, 0.1) is 0 Å². The molecule has 0 saturated carbocycles. The number of para-hydroxylation sites is 1. The van der Waals surface area contributed by atoms with Gasteiger partial charge in [0.15, 0.2) is 0 Å². The van der Waals surface area contributed by atoms with E-state index in [2.05, 4.69) is 5.32 Å². The van der Waals surface area contributed by atoms with Crippen LogP contribution in [-0.4, -0.2) is 49.5 Å². The zero-order chi connectivity index (χ0) is 14.3. The fourth-order valence-corrected chi connectivity index (χ4v) is 1.88. The number of hydrogen-bond donors (Lipinski definition) is 3. The van der Waals surface area contributed by atoms with Crippen molar-refractivity contribution in [2.75, 3.05) is 43.6 Å². The lowest BCUT2D eigenvalue weighted by atomic mass is 10.2. The van der Waals surface area contributed by atoms with Gasteiger partial charge in [-0.15, -0.1) is 0 Å². The standard InChI is InChI=1S/C13H20N2O4/c1-10(18)14-11-4-3-5-12(19-2)13(11)15(6-8-16)7-9-17/h3-5,16-17H,6-9H2,1-2H3,(H,14,18). The lowest BCUT2D eigenvalue weighted by Gasteiger charge is -2.27. The Morgan fingerprint density at radius 3 is 2.42 bits per heavy atom. The van der Waals surface area contributed by atoms with Gasteiger partial charge in [-0.05, 0) is 12.1 Å². The molecule has 0 heterocycles. The minimum absolute atomic E-state index is 0.0580. The second-order valence-corrected chi connectivity index (χ2v) is 3.97. The second kappa shape index (κ2) is 7.60. The van der Waals surface area contributed by atoms with Gasteiger partial charge >= 0.3 is 0 Å². The quantitative estimate of drug-likeness (QED) is 0.668. The molecule has 1 amide bonds. The highest BCUT2D eigenvalue weighted by Crippen LogP contribution is 2.35. The van der Waals surface area contributed by atoms with Crippen LogP contribution in [0.5, 0.6) is 5.75 Å². The average Bonchev–Trinajstić information content (AvgIpc) is 2.37. The van der Waals surface area contributed by atoms with E-state index in [-0.39, 0.29) is 19.1 Å². The molecule has 0 aliphatic heterocycles. The molecule has 1 aromatic rings. The maximum absolute atomic E-state index is 11.2. The third-order valence-corrected chi connectivity index (χ3v) is 2.59. The zero-order valence-electron chi connectivity index (χ0n) is 11.2. The van der Waals surface area contributed by atoms with Crippen molar-refractivity contribution in [2.45, 2.75) is 6.92 Å². The predicted molar refractivity (Wildman–Crippen MR) is 73.7 cm³/mol. The van der Waals surface area contributed by atoms with Gasteiger partial charge in [0.1, 0.15) is 11.4 Å². The van der Waals surface area contributed by atoms with E-state index in [4.69, 9.17) is 14.9 Å². The summed E-state index contributed by atoms with van der Waals surface area (Å²) in [5, 5.41) is 20.9. The van der Waals surface area contributed by atoms with Gasteiger partial charge in [-0.2, -0.15) is 0 Å². The molecule has 1 rings (SSSR count). The van der Waals surface area contributed by atoms with Crippen LogP contribution in [0.4, 0.5) is 11.4 Å². The summed E-state index contributed by atoms with van der Waals surface area (Å²) in [5.41, 5.74) is 1.25. The SMILES string of the molecule is COc1cccc(NC(C)=O)c1N(CCO)CCO. The molecule has 0 atom stereocenters. The first-order valence-electron chi connectivity index (χ1n) is 6.05. The van der Waals surface area contributed by atoms with Crippen molar-refractivity contribution >= 4 is 17.3 Å². The lowest BCUT2D eigenvalue weighted by Crippen LogP contribution is -2.31. The number of amides is 1. The van der Waals surface area contributed by atoms with E-state index in [0.717, 1.165) is 0 Å². The monoisotopic (exact) mass is 268 g/mol. The molecule has 3 N–H and O–H groups in total. The highest BCUT2D eigenvalue weighted by molar-refractivity contribution is 5.94. The van der Waals surface area contributed by atoms with E-state index >= 15 is 0 Å². The van der Waals surface area contributed by atoms with E-state index in [9.17, 15) is 4.79 Å². The Hall–Kier alpha value is -1.79. The molecule has 6 nitrogen and oxygen atoms in total. The molecule has 0 aliphatic carbocycles. The lowest BCUT2D eigenvalue weighted by molar-refractivity contribution is -0.114. The number of rotatable bonds is 7. The van der Waals surface area contributed by atoms with Gasteiger partial charge in [-0.25, -0.2) is 0 Å². The Labute approximate surface area is 112 Å². The van der Waals surface area contributed by atoms with Crippen molar-refractivity contribution in [3.63, 3.8) is 0 Å². The third kappa shape index (κ3) is 4.11. The van der Waals surface area contributed by atoms with Gasteiger partial charge in [0.05, 0.1) is 26.0 Å². The molecule has 0 fully saturated rings. The van der Waals surface area contributed by atoms with Gasteiger partial charge in [-0.1, -0.05) is 6.07 Å². The van der Waals surface area contributed by atoms with Crippen molar-refractivity contribution < 1.29 is 19.7 Å². The van der Waals surface area contributed by atoms with Crippen molar-refractivity contribution in [1.82, 2.24) is 0 Å². The van der Waals surface area contributed by atoms with E-state index in [1.807, 2.05) is 0 Å². The smallest absolute Gasteiger partial charge is 0.221 e. The zero-order valence-corrected chi connectivity index (χ0v) is 11.2. The molecular formula is C13H20N2O4. The highest BCUT2D eigenvalue weighted by atomic mass is 16.5. The molecule has 0 saturated heterocycles. The summed E-state index contributed by atoms with van der Waals surface area (Å²) in [7, 11) is 1.53. The summed E-state index contributed by atoms with van der Waals surface area (Å²) in [6.07, 6.45) is 0. The van der Waals surface area contributed by atoms with Gasteiger partial charge in [0.25, 0.3) is 0 Å². The largest absolute Gasteiger partial charge is 0.495 e. The van der Waals surface area contributed by atoms with Crippen LogP contribution in [-0.2, 0) is 4.79 Å². The fourth-order valence-electron chi connectivity index (χ4n) is 1.88. The number of carbonyl (C=O) groups is 1. The van der Waals surface area contributed by atoms with Gasteiger partial charge in [0, 0.05) is 20.0 Å². The number of aliphatic hydroxyl groups is 2. The molecule has 106 valence electrons. The summed E-state index contributed by atoms with van der Waals surface area (Å²) in [6.45, 7) is 1.99. The van der Waals surface area contributed by atoms with Crippen molar-refractivity contribution in [1.29, 1.82) is 0 Å². The first kappa shape index (κ1) is 15.3. The summed E-state index contributed by atoms with van der Waals surface area (Å²) in [5.74, 6) is 0.385. The van der Waals surface area contributed by atoms with Crippen molar-refractivity contribution in [3.05, 3.63) is 18.2 Å². The summed E-state index contributed by atoms with van der Waals surface area (Å²) < 4.78 is 5.28. The average molecular weight is 268 g/mol. The summed E-state index contributed by atoms with van der Waals surface area (Å²) >= 11 is 0. The van der Waals surface area contributed by atoms with E-state index in [1.165, 1.54) is 14.0 Å². The molecule has 0 aromatic heterocycles. The van der Waals surface area contributed by atoms with E-state index in [1.54, 1.807) is 23.1 Å². The predicted octanol–water partition coefficient (Wildman–Crippen LogP) is 0.445. The van der Waals surface area contributed by atoms with Gasteiger partial charge in [0.2, 0.25) is 5.91 Å². The Bertz CT molecular complexity index is 417. The van der Waals surface area contributed by atoms with Crippen LogP contribution in [0.15, 0.2) is 18.2 Å². The van der Waals surface area contributed by atoms with Crippen LogP contribution < -0.4 is 15.0 Å². The van der Waals surface area contributed by atoms with Gasteiger partial charge < -0.3 is 25.2 Å². The van der Waals surface area contributed by atoms with Crippen molar-refractivity contribution in [2.24, 2.45) is 0 Å². The van der Waals surface area contributed by atoms with Crippen LogP contribution in [0.2, 0.25) is 0 Å². The molecule has 0 aliphatic rings. The Morgan fingerprint density at radius 2 is 1.95 bits per heavy atom. The molecule has 0 spiro atoms. The molecule has 6 heteroatoms. The Kier molecular flexibility index (Phi) is 6.11. The number of hydrogen-bond acceptors (Lipinski definition) is 5. The fraction of sp³-hybridized carbons (Fsp3) is 0.462. The number of benzene rings is 1. The summed E-state index contributed by atoms with van der Waals surface area (Å²) in [6, 6.07) is 5.28. The number of nitrogens with one attached hydrogen (secondary N) is 1. The molecule has 0 radical (unpaired) electrons. The van der Waals surface area contributed by atoms with Crippen LogP contribution in [0.25, 0.3) is 0 Å². The molecule has 19 heavy (non-hydrogen) atoms. The van der Waals surface area contributed by atoms with E-state index < -0.39 is 0 Å². The third-order valence-electron chi connectivity index (χ3n) is 2.59. The number of aliphatic hydroxyl groups excluding tert-OH is 2. The number of anilines is 2.